The third-order valence-corrected chi connectivity index (χ3v) is 5.47. The summed E-state index contributed by atoms with van der Waals surface area (Å²) in [5.41, 5.74) is 6.48. The number of aromatic nitrogens is 3. The fourth-order valence-corrected chi connectivity index (χ4v) is 3.82. The average molecular weight is 445 g/mol. The minimum absolute atomic E-state index is 0.138. The number of nitrogens with zero attached hydrogens (tertiary/aromatic N) is 4. The van der Waals surface area contributed by atoms with Gasteiger partial charge in [-0.3, -0.25) is 0 Å². The Morgan fingerprint density at radius 3 is 1.79 bits per heavy atom. The van der Waals surface area contributed by atoms with Crippen molar-refractivity contribution in [2.75, 3.05) is 0 Å². The molecule has 0 saturated carbocycles. The predicted octanol–water partition coefficient (Wildman–Crippen LogP) is 7.06. The van der Waals surface area contributed by atoms with Gasteiger partial charge in [0.05, 0.1) is 11.6 Å². The van der Waals surface area contributed by atoms with Crippen LogP contribution in [-0.2, 0) is 0 Å². The molecular weight excluding hydrogens is 428 g/mol. The molecule has 0 N–H and O–H groups in total. The Hall–Kier alpha value is -4.33. The fourth-order valence-electron chi connectivity index (χ4n) is 3.66. The second kappa shape index (κ2) is 9.04. The normalized spacial score (nSPS) is 10.5. The smallest absolute Gasteiger partial charge is 0.208 e. The molecule has 156 valence electrons. The molecule has 0 aliphatic heterocycles. The van der Waals surface area contributed by atoms with E-state index in [1.165, 1.54) is 0 Å². The fraction of sp³-hybridized carbons (Fsp3) is 0. The maximum Gasteiger partial charge on any atom is 0.226 e. The van der Waals surface area contributed by atoms with E-state index in [0.717, 1.165) is 33.4 Å². The molecule has 4 aromatic carbocycles. The molecule has 0 radical (unpaired) electrons. The van der Waals surface area contributed by atoms with Crippen LogP contribution in [0.3, 0.4) is 0 Å². The van der Waals surface area contributed by atoms with E-state index < -0.39 is 0 Å². The monoisotopic (exact) mass is 444 g/mol. The second-order valence-electron chi connectivity index (χ2n) is 7.47. The van der Waals surface area contributed by atoms with Crippen LogP contribution in [0.2, 0.25) is 5.28 Å². The average Bonchev–Trinajstić information content (AvgIpc) is 2.89. The van der Waals surface area contributed by atoms with E-state index >= 15 is 0 Å². The highest BCUT2D eigenvalue weighted by molar-refractivity contribution is 6.28. The minimum Gasteiger partial charge on any atom is -0.208 e. The molecule has 0 saturated heterocycles. The van der Waals surface area contributed by atoms with Crippen LogP contribution in [0.25, 0.3) is 45.0 Å². The summed E-state index contributed by atoms with van der Waals surface area (Å²) in [4.78, 5) is 13.4. The van der Waals surface area contributed by atoms with Gasteiger partial charge in [0, 0.05) is 11.1 Å². The lowest BCUT2D eigenvalue weighted by atomic mass is 10.0. The van der Waals surface area contributed by atoms with Gasteiger partial charge in [-0.15, -0.1) is 0 Å². The Morgan fingerprint density at radius 1 is 0.515 bits per heavy atom. The molecule has 0 atom stereocenters. The van der Waals surface area contributed by atoms with Crippen LogP contribution in [0.15, 0.2) is 103 Å². The van der Waals surface area contributed by atoms with Crippen molar-refractivity contribution in [2.45, 2.75) is 0 Å². The number of benzene rings is 4. The molecule has 1 aromatic heterocycles. The van der Waals surface area contributed by atoms with Crippen molar-refractivity contribution in [3.05, 3.63) is 114 Å². The first-order valence-electron chi connectivity index (χ1n) is 10.4. The van der Waals surface area contributed by atoms with Crippen LogP contribution in [0.1, 0.15) is 5.56 Å². The van der Waals surface area contributed by atoms with Crippen molar-refractivity contribution in [1.82, 2.24) is 15.0 Å². The standard InChI is InChI=1S/C28H17ClN4/c29-28-32-26(22-14-12-21(13-15-22)20-7-2-1-3-8-20)31-27(33-28)25-11-5-10-24(17-25)23-9-4-6-19(16-23)18-30/h1-17H. The summed E-state index contributed by atoms with van der Waals surface area (Å²) in [5, 5.41) is 9.34. The lowest BCUT2D eigenvalue weighted by molar-refractivity contribution is 1.07. The van der Waals surface area contributed by atoms with Gasteiger partial charge in [0.2, 0.25) is 5.28 Å². The van der Waals surface area contributed by atoms with Gasteiger partial charge in [-0.1, -0.05) is 84.9 Å². The van der Waals surface area contributed by atoms with E-state index in [4.69, 9.17) is 11.6 Å². The van der Waals surface area contributed by atoms with E-state index in [0.29, 0.717) is 17.2 Å². The molecule has 5 aromatic rings. The summed E-state index contributed by atoms with van der Waals surface area (Å²) in [6, 6.07) is 35.8. The highest BCUT2D eigenvalue weighted by atomic mass is 35.5. The molecule has 0 fully saturated rings. The molecule has 33 heavy (non-hydrogen) atoms. The lowest BCUT2D eigenvalue weighted by Crippen LogP contribution is -1.97. The molecule has 4 nitrogen and oxygen atoms in total. The minimum atomic E-state index is 0.138. The van der Waals surface area contributed by atoms with Crippen molar-refractivity contribution in [1.29, 1.82) is 5.26 Å². The van der Waals surface area contributed by atoms with Crippen molar-refractivity contribution in [3.8, 4) is 51.1 Å². The third kappa shape index (κ3) is 4.50. The van der Waals surface area contributed by atoms with Gasteiger partial charge in [-0.25, -0.2) is 4.98 Å². The van der Waals surface area contributed by atoms with Crippen LogP contribution < -0.4 is 0 Å². The van der Waals surface area contributed by atoms with Gasteiger partial charge in [-0.2, -0.15) is 15.2 Å². The first kappa shape index (κ1) is 20.6. The van der Waals surface area contributed by atoms with Gasteiger partial charge < -0.3 is 0 Å². The zero-order chi connectivity index (χ0) is 22.6. The first-order valence-corrected chi connectivity index (χ1v) is 10.8. The summed E-state index contributed by atoms with van der Waals surface area (Å²) in [6.45, 7) is 0. The molecule has 5 heteroatoms. The summed E-state index contributed by atoms with van der Waals surface area (Å²) in [7, 11) is 0. The Balaban J connectivity index is 1.50. The summed E-state index contributed by atoms with van der Waals surface area (Å²) in [5.74, 6) is 1.01. The van der Waals surface area contributed by atoms with Gasteiger partial charge in [0.15, 0.2) is 11.6 Å². The van der Waals surface area contributed by atoms with Gasteiger partial charge in [-0.05, 0) is 52.1 Å². The number of halogens is 1. The molecule has 0 bridgehead atoms. The van der Waals surface area contributed by atoms with Crippen LogP contribution >= 0.6 is 11.6 Å². The van der Waals surface area contributed by atoms with E-state index in [1.54, 1.807) is 6.07 Å². The second-order valence-corrected chi connectivity index (χ2v) is 7.81. The van der Waals surface area contributed by atoms with Crippen LogP contribution in [0.4, 0.5) is 0 Å². The predicted molar refractivity (Wildman–Crippen MR) is 131 cm³/mol. The molecule has 0 amide bonds. The molecule has 0 unspecified atom stereocenters. The number of hydrogen-bond donors (Lipinski definition) is 0. The highest BCUT2D eigenvalue weighted by Gasteiger charge is 2.11. The maximum atomic E-state index is 9.20. The Kier molecular flexibility index (Phi) is 5.63. The Labute approximate surface area is 196 Å². The summed E-state index contributed by atoms with van der Waals surface area (Å²) in [6.07, 6.45) is 0. The van der Waals surface area contributed by atoms with Gasteiger partial charge in [0.25, 0.3) is 0 Å². The van der Waals surface area contributed by atoms with E-state index in [-0.39, 0.29) is 5.28 Å². The van der Waals surface area contributed by atoms with E-state index in [9.17, 15) is 5.26 Å². The first-order chi connectivity index (χ1) is 16.2. The Morgan fingerprint density at radius 2 is 1.06 bits per heavy atom. The number of rotatable bonds is 4. The van der Waals surface area contributed by atoms with Crippen LogP contribution in [0.5, 0.6) is 0 Å². The summed E-state index contributed by atoms with van der Waals surface area (Å²) >= 11 is 6.28. The van der Waals surface area contributed by atoms with Gasteiger partial charge in [0.1, 0.15) is 0 Å². The van der Waals surface area contributed by atoms with Gasteiger partial charge >= 0.3 is 0 Å². The molecular formula is C28H17ClN4. The molecule has 5 rings (SSSR count). The van der Waals surface area contributed by atoms with Crippen molar-refractivity contribution in [2.24, 2.45) is 0 Å². The number of hydrogen-bond acceptors (Lipinski definition) is 4. The topological polar surface area (TPSA) is 62.5 Å². The van der Waals surface area contributed by atoms with E-state index in [2.05, 4.69) is 33.2 Å². The quantitative estimate of drug-likeness (QED) is 0.297. The Bertz CT molecular complexity index is 1470. The molecule has 0 aliphatic rings. The zero-order valence-corrected chi connectivity index (χ0v) is 18.2. The zero-order valence-electron chi connectivity index (χ0n) is 17.5. The third-order valence-electron chi connectivity index (χ3n) is 5.30. The summed E-state index contributed by atoms with van der Waals surface area (Å²) < 4.78 is 0. The number of nitriles is 1. The van der Waals surface area contributed by atoms with Crippen molar-refractivity contribution < 1.29 is 0 Å². The lowest BCUT2D eigenvalue weighted by Gasteiger charge is -2.08. The van der Waals surface area contributed by atoms with E-state index in [1.807, 2.05) is 84.9 Å². The molecule has 1 heterocycles. The SMILES string of the molecule is N#Cc1cccc(-c2cccc(-c3nc(Cl)nc(-c4ccc(-c5ccccc5)cc4)n3)c2)c1. The molecule has 0 aliphatic carbocycles. The van der Waals surface area contributed by atoms with Crippen molar-refractivity contribution >= 4 is 11.6 Å². The molecule has 0 spiro atoms. The van der Waals surface area contributed by atoms with Crippen LogP contribution in [0, 0.1) is 11.3 Å². The largest absolute Gasteiger partial charge is 0.226 e. The van der Waals surface area contributed by atoms with Crippen LogP contribution in [-0.4, -0.2) is 15.0 Å². The van der Waals surface area contributed by atoms with Crippen molar-refractivity contribution in [3.63, 3.8) is 0 Å². The maximum absolute atomic E-state index is 9.20. The highest BCUT2D eigenvalue weighted by Crippen LogP contribution is 2.28.